The number of rotatable bonds is 4. The number of aryl methyl sites for hydroxylation is 2. The molecule has 0 saturated heterocycles. The summed E-state index contributed by atoms with van der Waals surface area (Å²) in [6.45, 7) is -0.0337. The third-order valence-corrected chi connectivity index (χ3v) is 7.25. The molecule has 6 rings (SSSR count). The van der Waals surface area contributed by atoms with Crippen LogP contribution in [0.3, 0.4) is 0 Å². The third kappa shape index (κ3) is 2.86. The molecule has 1 aliphatic rings. The Hall–Kier alpha value is -3.51. The average Bonchev–Trinajstić information content (AvgIpc) is 3.48. The highest BCUT2D eigenvalue weighted by Crippen LogP contribution is 2.34. The van der Waals surface area contributed by atoms with Crippen LogP contribution in [0.4, 0.5) is 0 Å². The summed E-state index contributed by atoms with van der Waals surface area (Å²) < 4.78 is 1.46. The highest BCUT2D eigenvalue weighted by atomic mass is 32.1. The molecule has 0 radical (unpaired) electrons. The van der Waals surface area contributed by atoms with Crippen molar-refractivity contribution in [3.63, 3.8) is 0 Å². The van der Waals surface area contributed by atoms with Gasteiger partial charge in [0.05, 0.1) is 29.5 Å². The smallest absolute Gasteiger partial charge is 0.262 e. The van der Waals surface area contributed by atoms with Crippen molar-refractivity contribution in [1.29, 1.82) is 0 Å². The van der Waals surface area contributed by atoms with Gasteiger partial charge in [-0.15, -0.1) is 11.3 Å². The number of hydrogen-bond donors (Lipinski definition) is 1. The van der Waals surface area contributed by atoms with Crippen molar-refractivity contribution in [1.82, 2.24) is 14.5 Å². The Morgan fingerprint density at radius 3 is 2.74 bits per heavy atom. The molecule has 3 aromatic heterocycles. The number of benzene rings is 2. The Kier molecular flexibility index (Phi) is 4.14. The number of carbonyl (C=O) groups is 1. The number of nitrogens with one attached hydrogen (secondary N) is 1. The minimum absolute atomic E-state index is 0.0337. The fourth-order valence-corrected chi connectivity index (χ4v) is 5.84. The molecule has 152 valence electrons. The lowest BCUT2D eigenvalue weighted by molar-refractivity contribution is 0.0973. The van der Waals surface area contributed by atoms with Gasteiger partial charge in [0.15, 0.2) is 5.78 Å². The number of para-hydroxylation sites is 1. The molecule has 31 heavy (non-hydrogen) atoms. The van der Waals surface area contributed by atoms with Crippen LogP contribution in [0, 0.1) is 0 Å². The van der Waals surface area contributed by atoms with Gasteiger partial charge in [0.1, 0.15) is 4.83 Å². The van der Waals surface area contributed by atoms with Crippen molar-refractivity contribution in [2.45, 2.75) is 25.8 Å². The molecule has 6 heteroatoms. The highest BCUT2D eigenvalue weighted by molar-refractivity contribution is 7.18. The van der Waals surface area contributed by atoms with E-state index in [-0.39, 0.29) is 17.9 Å². The number of nitrogens with zero attached hydrogens (tertiary/aromatic N) is 2. The van der Waals surface area contributed by atoms with Gasteiger partial charge in [0.2, 0.25) is 0 Å². The molecule has 0 unspecified atom stereocenters. The Morgan fingerprint density at radius 2 is 1.87 bits per heavy atom. The molecule has 5 aromatic rings. The largest absolute Gasteiger partial charge is 0.354 e. The zero-order chi connectivity index (χ0) is 20.9. The summed E-state index contributed by atoms with van der Waals surface area (Å²) in [5, 5.41) is 1.57. The zero-order valence-corrected chi connectivity index (χ0v) is 17.5. The van der Waals surface area contributed by atoms with Gasteiger partial charge in [0.25, 0.3) is 5.56 Å². The first-order valence-corrected chi connectivity index (χ1v) is 11.2. The van der Waals surface area contributed by atoms with Gasteiger partial charge < -0.3 is 4.98 Å². The first kappa shape index (κ1) is 18.3. The van der Waals surface area contributed by atoms with Crippen LogP contribution in [-0.2, 0) is 19.4 Å². The topological polar surface area (TPSA) is 67.8 Å². The third-order valence-electron chi connectivity index (χ3n) is 6.05. The van der Waals surface area contributed by atoms with Crippen LogP contribution in [0.15, 0.2) is 65.7 Å². The van der Waals surface area contributed by atoms with Crippen LogP contribution in [0.25, 0.3) is 32.4 Å². The molecule has 0 saturated carbocycles. The number of H-pyrrole nitrogens is 1. The molecule has 0 fully saturated rings. The summed E-state index contributed by atoms with van der Waals surface area (Å²) in [5.41, 5.74) is 4.27. The quantitative estimate of drug-likeness (QED) is 0.413. The summed E-state index contributed by atoms with van der Waals surface area (Å²) in [7, 11) is 0. The fraction of sp³-hybridized carbons (Fsp3) is 0.160. The van der Waals surface area contributed by atoms with Gasteiger partial charge in [-0.05, 0) is 36.5 Å². The normalized spacial score (nSPS) is 13.2. The van der Waals surface area contributed by atoms with Gasteiger partial charge in [-0.1, -0.05) is 48.5 Å². The predicted octanol–water partition coefficient (Wildman–Crippen LogP) is 4.98. The lowest BCUT2D eigenvalue weighted by Crippen LogP contribution is -2.25. The van der Waals surface area contributed by atoms with Gasteiger partial charge in [0, 0.05) is 15.8 Å². The van der Waals surface area contributed by atoms with Crippen molar-refractivity contribution in [3.05, 3.63) is 87.3 Å². The molecule has 0 spiro atoms. The summed E-state index contributed by atoms with van der Waals surface area (Å²) >= 11 is 1.61. The fourth-order valence-electron chi connectivity index (χ4n) is 4.62. The molecular formula is C25H19N3O2S. The van der Waals surface area contributed by atoms with Crippen LogP contribution < -0.4 is 5.56 Å². The first-order valence-electron chi connectivity index (χ1n) is 10.4. The minimum Gasteiger partial charge on any atom is -0.354 e. The van der Waals surface area contributed by atoms with Crippen molar-refractivity contribution in [3.8, 4) is 11.3 Å². The maximum atomic E-state index is 13.5. The summed E-state index contributed by atoms with van der Waals surface area (Å²) in [6.07, 6.45) is 4.54. The number of aromatic amines is 1. The number of hydrogen-bond acceptors (Lipinski definition) is 4. The van der Waals surface area contributed by atoms with Crippen LogP contribution in [-0.4, -0.2) is 20.3 Å². The molecule has 0 aliphatic heterocycles. The maximum Gasteiger partial charge on any atom is 0.262 e. The van der Waals surface area contributed by atoms with E-state index in [1.165, 1.54) is 15.8 Å². The summed E-state index contributed by atoms with van der Waals surface area (Å²) in [4.78, 5) is 36.7. The molecule has 0 amide bonds. The Morgan fingerprint density at radius 1 is 1.06 bits per heavy atom. The molecular weight excluding hydrogens is 406 g/mol. The number of thiophene rings is 1. The second-order valence-corrected chi connectivity index (χ2v) is 9.01. The molecule has 2 aromatic carbocycles. The minimum atomic E-state index is -0.112. The van der Waals surface area contributed by atoms with Gasteiger partial charge in [-0.2, -0.15) is 0 Å². The maximum absolute atomic E-state index is 13.5. The van der Waals surface area contributed by atoms with E-state index in [2.05, 4.69) is 9.97 Å². The standard InChI is InChI=1S/C25H19N3O2S/c29-19(13-28-14-26-24-22(25(28)30)17-10-6-12-20(17)31-24)21-16-9-4-5-11-18(16)27-23(21)15-7-2-1-3-8-15/h1-5,7-9,11,14,27H,6,10,12-13H2. The summed E-state index contributed by atoms with van der Waals surface area (Å²) in [5.74, 6) is -0.105. The van der Waals surface area contributed by atoms with E-state index >= 15 is 0 Å². The Balaban J connectivity index is 1.47. The lowest BCUT2D eigenvalue weighted by atomic mass is 10.0. The second kappa shape index (κ2) is 7.03. The Labute approximate surface area is 182 Å². The number of aromatic nitrogens is 3. The van der Waals surface area contributed by atoms with E-state index in [0.717, 1.165) is 51.8 Å². The molecule has 1 aliphatic carbocycles. The monoisotopic (exact) mass is 425 g/mol. The number of carbonyl (C=O) groups excluding carboxylic acids is 1. The number of Topliss-reactive ketones (excluding diaryl/α,β-unsaturated/α-hetero) is 1. The highest BCUT2D eigenvalue weighted by Gasteiger charge is 2.23. The zero-order valence-electron chi connectivity index (χ0n) is 16.7. The van der Waals surface area contributed by atoms with E-state index < -0.39 is 0 Å². The van der Waals surface area contributed by atoms with Crippen LogP contribution in [0.1, 0.15) is 27.2 Å². The van der Waals surface area contributed by atoms with Crippen molar-refractivity contribution < 1.29 is 4.79 Å². The van der Waals surface area contributed by atoms with E-state index in [1.807, 2.05) is 54.6 Å². The van der Waals surface area contributed by atoms with Crippen molar-refractivity contribution in [2.75, 3.05) is 0 Å². The van der Waals surface area contributed by atoms with Crippen molar-refractivity contribution in [2.24, 2.45) is 0 Å². The number of fused-ring (bicyclic) bond motifs is 4. The summed E-state index contributed by atoms with van der Waals surface area (Å²) in [6, 6.07) is 17.6. The molecule has 0 bridgehead atoms. The van der Waals surface area contributed by atoms with E-state index in [1.54, 1.807) is 11.3 Å². The SMILES string of the molecule is O=C(Cn1cnc2sc3c(c2c1=O)CCC3)c1c(-c2ccccc2)[nH]c2ccccc12. The Bertz CT molecular complexity index is 1530. The van der Waals surface area contributed by atoms with Crippen molar-refractivity contribution >= 4 is 38.2 Å². The van der Waals surface area contributed by atoms with Crippen LogP contribution in [0.2, 0.25) is 0 Å². The number of ketones is 1. The van der Waals surface area contributed by atoms with E-state index in [9.17, 15) is 9.59 Å². The molecule has 5 nitrogen and oxygen atoms in total. The predicted molar refractivity (Wildman–Crippen MR) is 124 cm³/mol. The van der Waals surface area contributed by atoms with E-state index in [0.29, 0.717) is 10.9 Å². The van der Waals surface area contributed by atoms with Crippen LogP contribution in [0.5, 0.6) is 0 Å². The average molecular weight is 426 g/mol. The lowest BCUT2D eigenvalue weighted by Gasteiger charge is -2.07. The van der Waals surface area contributed by atoms with Gasteiger partial charge in [-0.3, -0.25) is 14.2 Å². The molecule has 1 N–H and O–H groups in total. The van der Waals surface area contributed by atoms with Gasteiger partial charge >= 0.3 is 0 Å². The second-order valence-electron chi connectivity index (χ2n) is 7.92. The van der Waals surface area contributed by atoms with E-state index in [4.69, 9.17) is 0 Å². The first-order chi connectivity index (χ1) is 15.2. The van der Waals surface area contributed by atoms with Gasteiger partial charge in [-0.25, -0.2) is 4.98 Å². The molecule has 0 atom stereocenters. The van der Waals surface area contributed by atoms with Crippen LogP contribution >= 0.6 is 11.3 Å². The molecule has 3 heterocycles.